The topological polar surface area (TPSA) is 76.1 Å². The van der Waals surface area contributed by atoms with Crippen molar-refractivity contribution in [2.75, 3.05) is 14.2 Å². The van der Waals surface area contributed by atoms with Crippen molar-refractivity contribution in [1.29, 1.82) is 0 Å². The second-order valence-corrected chi connectivity index (χ2v) is 5.83. The zero-order valence-electron chi connectivity index (χ0n) is 15.0. The fourth-order valence-corrected chi connectivity index (χ4v) is 2.97. The van der Waals surface area contributed by atoms with E-state index in [0.29, 0.717) is 23.4 Å². The molecule has 1 aromatic carbocycles. The van der Waals surface area contributed by atoms with Gasteiger partial charge in [-0.3, -0.25) is 9.59 Å². The van der Waals surface area contributed by atoms with E-state index in [1.807, 2.05) is 31.3 Å². The van der Waals surface area contributed by atoms with Crippen molar-refractivity contribution >= 4 is 16.8 Å². The van der Waals surface area contributed by atoms with Gasteiger partial charge in [0, 0.05) is 48.1 Å². The summed E-state index contributed by atoms with van der Waals surface area (Å²) in [5.74, 6) is 0.456. The van der Waals surface area contributed by atoms with Crippen molar-refractivity contribution < 1.29 is 9.53 Å². The van der Waals surface area contributed by atoms with Crippen LogP contribution in [-0.4, -0.2) is 29.6 Å². The molecule has 1 amide bonds. The number of amides is 1. The summed E-state index contributed by atoms with van der Waals surface area (Å²) in [6.45, 7) is 2.38. The Bertz CT molecular complexity index is 1040. The Morgan fingerprint density at radius 2 is 2.12 bits per heavy atom. The average molecular weight is 351 g/mol. The lowest BCUT2D eigenvalue weighted by atomic mass is 10.00. The van der Waals surface area contributed by atoms with Gasteiger partial charge in [0.1, 0.15) is 11.3 Å². The van der Waals surface area contributed by atoms with Gasteiger partial charge in [-0.15, -0.1) is 0 Å². The van der Waals surface area contributed by atoms with Crippen LogP contribution in [0.5, 0.6) is 5.75 Å². The second-order valence-electron chi connectivity index (χ2n) is 5.83. The Balaban J connectivity index is 2.30. The molecule has 3 aromatic rings. The van der Waals surface area contributed by atoms with E-state index in [0.717, 1.165) is 16.5 Å². The fourth-order valence-electron chi connectivity index (χ4n) is 2.97. The Kier molecular flexibility index (Phi) is 4.93. The number of allylic oxidation sites excluding steroid dienone is 2. The minimum Gasteiger partial charge on any atom is -0.496 e. The van der Waals surface area contributed by atoms with Gasteiger partial charge in [0.05, 0.1) is 7.11 Å². The third-order valence-electron chi connectivity index (χ3n) is 4.31. The number of aromatic nitrogens is 2. The predicted molar refractivity (Wildman–Crippen MR) is 103 cm³/mol. The molecule has 0 fully saturated rings. The highest BCUT2D eigenvalue weighted by atomic mass is 16.5. The van der Waals surface area contributed by atoms with E-state index >= 15 is 0 Å². The number of rotatable bonds is 5. The fraction of sp³-hybridized carbons (Fsp3) is 0.200. The molecule has 26 heavy (non-hydrogen) atoms. The van der Waals surface area contributed by atoms with Crippen LogP contribution in [0, 0.1) is 0 Å². The van der Waals surface area contributed by atoms with Gasteiger partial charge in [-0.05, 0) is 31.2 Å². The highest BCUT2D eigenvalue weighted by Crippen LogP contribution is 2.34. The number of hydrogen-bond donors (Lipinski definition) is 2. The lowest BCUT2D eigenvalue weighted by molar-refractivity contribution is 0.0963. The maximum Gasteiger partial charge on any atom is 0.275 e. The predicted octanol–water partition coefficient (Wildman–Crippen LogP) is 2.94. The van der Waals surface area contributed by atoms with Gasteiger partial charge in [-0.2, -0.15) is 0 Å². The van der Waals surface area contributed by atoms with Crippen LogP contribution in [0.3, 0.4) is 0 Å². The molecule has 0 saturated carbocycles. The smallest absolute Gasteiger partial charge is 0.275 e. The quantitative estimate of drug-likeness (QED) is 0.694. The molecular formula is C20H21N3O3. The summed E-state index contributed by atoms with van der Waals surface area (Å²) < 4.78 is 7.14. The highest BCUT2D eigenvalue weighted by Gasteiger charge is 2.16. The van der Waals surface area contributed by atoms with Crippen molar-refractivity contribution in [2.24, 2.45) is 0 Å². The van der Waals surface area contributed by atoms with Crippen LogP contribution < -0.4 is 15.6 Å². The number of carbonyl (C=O) groups excluding carboxylic acids is 1. The van der Waals surface area contributed by atoms with E-state index < -0.39 is 0 Å². The van der Waals surface area contributed by atoms with Crippen molar-refractivity contribution in [3.8, 4) is 16.9 Å². The van der Waals surface area contributed by atoms with Crippen LogP contribution >= 0.6 is 0 Å². The number of nitrogens with zero attached hydrogens (tertiary/aromatic N) is 1. The van der Waals surface area contributed by atoms with Gasteiger partial charge in [-0.25, -0.2) is 0 Å². The van der Waals surface area contributed by atoms with E-state index in [-0.39, 0.29) is 11.5 Å². The molecule has 0 aliphatic rings. The van der Waals surface area contributed by atoms with Crippen molar-refractivity contribution in [1.82, 2.24) is 14.9 Å². The summed E-state index contributed by atoms with van der Waals surface area (Å²) in [5.41, 5.74) is 2.55. The van der Waals surface area contributed by atoms with Crippen molar-refractivity contribution in [3.05, 3.63) is 64.7 Å². The molecule has 0 aliphatic heterocycles. The minimum absolute atomic E-state index is 0.0896. The van der Waals surface area contributed by atoms with Crippen LogP contribution in [0.1, 0.15) is 17.3 Å². The number of ether oxygens (including phenoxy) is 1. The van der Waals surface area contributed by atoms with Crippen LogP contribution in [0.2, 0.25) is 0 Å². The monoisotopic (exact) mass is 351 g/mol. The van der Waals surface area contributed by atoms with Gasteiger partial charge in [0.15, 0.2) is 0 Å². The van der Waals surface area contributed by atoms with Crippen LogP contribution in [0.4, 0.5) is 0 Å². The molecule has 2 N–H and O–H groups in total. The second kappa shape index (κ2) is 7.31. The summed E-state index contributed by atoms with van der Waals surface area (Å²) in [7, 11) is 3.18. The molecule has 6 nitrogen and oxygen atoms in total. The number of hydrogen-bond acceptors (Lipinski definition) is 3. The molecule has 0 spiro atoms. The largest absolute Gasteiger partial charge is 0.496 e. The standard InChI is InChI=1S/C20H21N3O3/c1-4-5-10-23-12-16(14-8-9-22-18(14)20(23)25)15-11-13(19(24)21-2)6-7-17(15)26-3/h4-9,11-12,22H,10H2,1-3H3,(H,21,24)/b5-4+. The van der Waals surface area contributed by atoms with Gasteiger partial charge in [-0.1, -0.05) is 12.2 Å². The van der Waals surface area contributed by atoms with E-state index in [1.165, 1.54) is 0 Å². The number of carbonyl (C=O) groups is 1. The molecule has 134 valence electrons. The maximum absolute atomic E-state index is 12.7. The molecular weight excluding hydrogens is 330 g/mol. The number of nitrogens with one attached hydrogen (secondary N) is 2. The third-order valence-corrected chi connectivity index (χ3v) is 4.31. The molecule has 6 heteroatoms. The zero-order chi connectivity index (χ0) is 18.7. The van der Waals surface area contributed by atoms with E-state index in [9.17, 15) is 9.59 Å². The zero-order valence-corrected chi connectivity index (χ0v) is 15.0. The molecule has 3 rings (SSSR count). The molecule has 0 saturated heterocycles. The Morgan fingerprint density at radius 3 is 2.81 bits per heavy atom. The summed E-state index contributed by atoms with van der Waals surface area (Å²) in [6, 6.07) is 7.12. The number of benzene rings is 1. The number of pyridine rings is 1. The number of aromatic amines is 1. The average Bonchev–Trinajstić information content (AvgIpc) is 3.16. The molecule has 0 bridgehead atoms. The summed E-state index contributed by atoms with van der Waals surface area (Å²) in [4.78, 5) is 27.7. The maximum atomic E-state index is 12.7. The van der Waals surface area contributed by atoms with E-state index in [2.05, 4.69) is 10.3 Å². The Labute approximate surface area is 151 Å². The Hall–Kier alpha value is -3.28. The van der Waals surface area contributed by atoms with Gasteiger partial charge >= 0.3 is 0 Å². The lowest BCUT2D eigenvalue weighted by Crippen LogP contribution is -2.20. The molecule has 0 radical (unpaired) electrons. The lowest BCUT2D eigenvalue weighted by Gasteiger charge is -2.14. The molecule has 0 atom stereocenters. The van der Waals surface area contributed by atoms with Crippen molar-refractivity contribution in [2.45, 2.75) is 13.5 Å². The molecule has 0 aliphatic carbocycles. The third kappa shape index (κ3) is 3.01. The first-order valence-electron chi connectivity index (χ1n) is 8.32. The normalized spacial score (nSPS) is 11.2. The SMILES string of the molecule is C/C=C/Cn1cc(-c2cc(C(=O)NC)ccc2OC)c2cc[nH]c2c1=O. The van der Waals surface area contributed by atoms with E-state index in [4.69, 9.17) is 4.74 Å². The number of H-pyrrole nitrogens is 1. The number of methoxy groups -OCH3 is 1. The van der Waals surface area contributed by atoms with Gasteiger partial charge in [0.25, 0.3) is 11.5 Å². The highest BCUT2D eigenvalue weighted by molar-refractivity contribution is 6.00. The molecule has 0 unspecified atom stereocenters. The molecule has 2 aromatic heterocycles. The molecule has 2 heterocycles. The van der Waals surface area contributed by atoms with Crippen molar-refractivity contribution in [3.63, 3.8) is 0 Å². The minimum atomic E-state index is -0.179. The Morgan fingerprint density at radius 1 is 1.31 bits per heavy atom. The first kappa shape index (κ1) is 17.5. The van der Waals surface area contributed by atoms with Gasteiger partial charge in [0.2, 0.25) is 0 Å². The van der Waals surface area contributed by atoms with Crippen LogP contribution in [-0.2, 0) is 6.54 Å². The first-order valence-corrected chi connectivity index (χ1v) is 8.32. The first-order chi connectivity index (χ1) is 12.6. The van der Waals surface area contributed by atoms with Crippen LogP contribution in [0.15, 0.2) is 53.6 Å². The van der Waals surface area contributed by atoms with Gasteiger partial charge < -0.3 is 19.6 Å². The van der Waals surface area contributed by atoms with E-state index in [1.54, 1.807) is 43.1 Å². The number of fused-ring (bicyclic) bond motifs is 1. The summed E-state index contributed by atoms with van der Waals surface area (Å²) in [6.07, 6.45) is 7.37. The summed E-state index contributed by atoms with van der Waals surface area (Å²) in [5, 5.41) is 3.42. The van der Waals surface area contributed by atoms with Crippen LogP contribution in [0.25, 0.3) is 22.0 Å². The summed E-state index contributed by atoms with van der Waals surface area (Å²) >= 11 is 0.